The fourth-order valence-corrected chi connectivity index (χ4v) is 1.21. The van der Waals surface area contributed by atoms with E-state index in [9.17, 15) is 0 Å². The van der Waals surface area contributed by atoms with Gasteiger partial charge in [-0.25, -0.2) is 0 Å². The van der Waals surface area contributed by atoms with E-state index in [0.717, 1.165) is 11.3 Å². The van der Waals surface area contributed by atoms with Gasteiger partial charge in [-0.05, 0) is 24.1 Å². The molecule has 0 aliphatic heterocycles. The second kappa shape index (κ2) is 5.15. The minimum Gasteiger partial charge on any atom is -0.496 e. The first-order valence-electron chi connectivity index (χ1n) is 3.87. The molecule has 1 aromatic carbocycles. The van der Waals surface area contributed by atoms with E-state index in [2.05, 4.69) is 0 Å². The Balaban J connectivity index is 2.81. The van der Waals surface area contributed by atoms with Crippen LogP contribution in [0, 0.1) is 0 Å². The summed E-state index contributed by atoms with van der Waals surface area (Å²) in [4.78, 5) is 0. The third-order valence-corrected chi connectivity index (χ3v) is 1.98. The van der Waals surface area contributed by atoms with E-state index in [-0.39, 0.29) is 4.49 Å². The molecule has 0 atom stereocenters. The Morgan fingerprint density at radius 2 is 2.08 bits per heavy atom. The van der Waals surface area contributed by atoms with Crippen LogP contribution in [0.2, 0.25) is 0 Å². The second-order valence-electron chi connectivity index (χ2n) is 2.51. The molecule has 13 heavy (non-hydrogen) atoms. The molecule has 0 heterocycles. The van der Waals surface area contributed by atoms with Crippen LogP contribution in [0.5, 0.6) is 5.75 Å². The van der Waals surface area contributed by atoms with E-state index < -0.39 is 0 Å². The van der Waals surface area contributed by atoms with Crippen LogP contribution in [0.1, 0.15) is 5.56 Å². The van der Waals surface area contributed by atoms with Crippen molar-refractivity contribution in [1.82, 2.24) is 0 Å². The molecule has 0 radical (unpaired) electrons. The van der Waals surface area contributed by atoms with Gasteiger partial charge in [0, 0.05) is 0 Å². The average Bonchev–Trinajstić information content (AvgIpc) is 2.15. The molecule has 0 aliphatic carbocycles. The second-order valence-corrected chi connectivity index (χ2v) is 3.52. The van der Waals surface area contributed by atoms with E-state index in [1.165, 1.54) is 0 Å². The van der Waals surface area contributed by atoms with E-state index in [0.29, 0.717) is 6.42 Å². The standard InChI is InChI=1S/C10H10Cl2O/c1-13-9-5-3-2-4-8(9)6-7-10(11)12/h2-5,7H,6H2,1H3. The average molecular weight is 217 g/mol. The summed E-state index contributed by atoms with van der Waals surface area (Å²) in [5.74, 6) is 0.855. The quantitative estimate of drug-likeness (QED) is 0.752. The molecule has 70 valence electrons. The summed E-state index contributed by atoms with van der Waals surface area (Å²) in [6.45, 7) is 0. The van der Waals surface area contributed by atoms with Gasteiger partial charge in [0.05, 0.1) is 7.11 Å². The minimum absolute atomic E-state index is 0.283. The molecule has 0 amide bonds. The highest BCUT2D eigenvalue weighted by Gasteiger charge is 1.98. The lowest BCUT2D eigenvalue weighted by Crippen LogP contribution is -1.89. The molecule has 0 aromatic heterocycles. The van der Waals surface area contributed by atoms with Gasteiger partial charge >= 0.3 is 0 Å². The third-order valence-electron chi connectivity index (χ3n) is 1.67. The predicted octanol–water partition coefficient (Wildman–Crippen LogP) is 3.56. The van der Waals surface area contributed by atoms with Crippen LogP contribution in [-0.2, 0) is 6.42 Å². The summed E-state index contributed by atoms with van der Waals surface area (Å²) < 4.78 is 5.45. The van der Waals surface area contributed by atoms with Crippen molar-refractivity contribution < 1.29 is 4.74 Å². The van der Waals surface area contributed by atoms with Gasteiger partial charge in [0.25, 0.3) is 0 Å². The van der Waals surface area contributed by atoms with E-state index in [4.69, 9.17) is 27.9 Å². The van der Waals surface area contributed by atoms with Crippen molar-refractivity contribution >= 4 is 23.2 Å². The predicted molar refractivity (Wildman–Crippen MR) is 56.5 cm³/mol. The Bertz CT molecular complexity index is 304. The molecule has 3 heteroatoms. The SMILES string of the molecule is COc1ccccc1CC=C(Cl)Cl. The fourth-order valence-electron chi connectivity index (χ4n) is 1.06. The first-order chi connectivity index (χ1) is 6.24. The first kappa shape index (κ1) is 10.4. The summed E-state index contributed by atoms with van der Waals surface area (Å²) in [6.07, 6.45) is 2.42. The van der Waals surface area contributed by atoms with Crippen LogP contribution in [-0.4, -0.2) is 7.11 Å². The maximum atomic E-state index is 5.51. The van der Waals surface area contributed by atoms with Crippen molar-refractivity contribution in [2.75, 3.05) is 7.11 Å². The molecule has 0 bridgehead atoms. The number of allylic oxidation sites excluding steroid dienone is 1. The van der Waals surface area contributed by atoms with E-state index in [1.807, 2.05) is 24.3 Å². The number of benzene rings is 1. The molecule has 0 fully saturated rings. The van der Waals surface area contributed by atoms with Gasteiger partial charge in [-0.15, -0.1) is 0 Å². The fraction of sp³-hybridized carbons (Fsp3) is 0.200. The van der Waals surface area contributed by atoms with Crippen LogP contribution in [0.4, 0.5) is 0 Å². The van der Waals surface area contributed by atoms with Crippen LogP contribution in [0.15, 0.2) is 34.8 Å². The lowest BCUT2D eigenvalue weighted by molar-refractivity contribution is 0.410. The zero-order valence-corrected chi connectivity index (χ0v) is 8.77. The summed E-state index contributed by atoms with van der Waals surface area (Å²) in [5.41, 5.74) is 1.07. The molecular formula is C10H10Cl2O. The molecule has 1 rings (SSSR count). The van der Waals surface area contributed by atoms with Crippen molar-refractivity contribution in [3.63, 3.8) is 0 Å². The van der Waals surface area contributed by atoms with Crippen molar-refractivity contribution in [2.45, 2.75) is 6.42 Å². The zero-order chi connectivity index (χ0) is 9.68. The van der Waals surface area contributed by atoms with Crippen LogP contribution in [0.3, 0.4) is 0 Å². The third kappa shape index (κ3) is 3.29. The molecule has 0 N–H and O–H groups in total. The lowest BCUT2D eigenvalue weighted by atomic mass is 10.1. The molecule has 0 aliphatic rings. The number of hydrogen-bond donors (Lipinski definition) is 0. The molecule has 0 spiro atoms. The Labute approximate surface area is 87.9 Å². The highest BCUT2D eigenvalue weighted by Crippen LogP contribution is 2.19. The van der Waals surface area contributed by atoms with E-state index >= 15 is 0 Å². The van der Waals surface area contributed by atoms with Gasteiger partial charge < -0.3 is 4.74 Å². The first-order valence-corrected chi connectivity index (χ1v) is 4.62. The molecule has 0 unspecified atom stereocenters. The van der Waals surface area contributed by atoms with Gasteiger partial charge in [-0.1, -0.05) is 41.4 Å². The van der Waals surface area contributed by atoms with Crippen molar-refractivity contribution in [2.24, 2.45) is 0 Å². The summed E-state index contributed by atoms with van der Waals surface area (Å²) in [5, 5.41) is 0. The topological polar surface area (TPSA) is 9.23 Å². The van der Waals surface area contributed by atoms with Crippen LogP contribution < -0.4 is 4.74 Å². The summed E-state index contributed by atoms with van der Waals surface area (Å²) >= 11 is 11.0. The Morgan fingerprint density at radius 3 is 2.69 bits per heavy atom. The number of ether oxygens (including phenoxy) is 1. The van der Waals surface area contributed by atoms with Gasteiger partial charge in [-0.2, -0.15) is 0 Å². The molecular weight excluding hydrogens is 207 g/mol. The summed E-state index contributed by atoms with van der Waals surface area (Å²) in [7, 11) is 1.64. The van der Waals surface area contributed by atoms with Gasteiger partial charge in [0.2, 0.25) is 0 Å². The molecule has 0 saturated carbocycles. The maximum absolute atomic E-state index is 5.51. The van der Waals surface area contributed by atoms with Crippen molar-refractivity contribution in [1.29, 1.82) is 0 Å². The van der Waals surface area contributed by atoms with Crippen molar-refractivity contribution in [3.8, 4) is 5.75 Å². The largest absolute Gasteiger partial charge is 0.496 e. The Kier molecular flexibility index (Phi) is 4.13. The van der Waals surface area contributed by atoms with E-state index in [1.54, 1.807) is 13.2 Å². The van der Waals surface area contributed by atoms with Crippen LogP contribution >= 0.6 is 23.2 Å². The Morgan fingerprint density at radius 1 is 1.38 bits per heavy atom. The van der Waals surface area contributed by atoms with Gasteiger partial charge in [0.15, 0.2) is 0 Å². The Hall–Kier alpha value is -0.660. The smallest absolute Gasteiger partial charge is 0.122 e. The minimum atomic E-state index is 0.283. The number of halogens is 2. The molecule has 1 nitrogen and oxygen atoms in total. The van der Waals surface area contributed by atoms with Crippen LogP contribution in [0.25, 0.3) is 0 Å². The molecule has 0 saturated heterocycles. The van der Waals surface area contributed by atoms with Crippen molar-refractivity contribution in [3.05, 3.63) is 40.4 Å². The number of methoxy groups -OCH3 is 1. The highest BCUT2D eigenvalue weighted by molar-refractivity contribution is 6.55. The maximum Gasteiger partial charge on any atom is 0.122 e. The monoisotopic (exact) mass is 216 g/mol. The van der Waals surface area contributed by atoms with Gasteiger partial charge in [-0.3, -0.25) is 0 Å². The lowest BCUT2D eigenvalue weighted by Gasteiger charge is -2.04. The highest BCUT2D eigenvalue weighted by atomic mass is 35.5. The zero-order valence-electron chi connectivity index (χ0n) is 7.26. The molecule has 1 aromatic rings. The number of hydrogen-bond acceptors (Lipinski definition) is 1. The normalized spacial score (nSPS) is 9.46. The van der Waals surface area contributed by atoms with Gasteiger partial charge in [0.1, 0.15) is 10.2 Å². The summed E-state index contributed by atoms with van der Waals surface area (Å²) in [6, 6.07) is 7.76. The number of rotatable bonds is 3. The number of para-hydroxylation sites is 1.